The molecule has 1 saturated carbocycles. The number of rotatable bonds is 7. The second-order valence-electron chi connectivity index (χ2n) is 7.75. The Balaban J connectivity index is 1.81. The van der Waals surface area contributed by atoms with Crippen LogP contribution in [-0.2, 0) is 11.8 Å². The number of aromatic nitrogens is 2. The van der Waals surface area contributed by atoms with Gasteiger partial charge in [0.25, 0.3) is 0 Å². The first-order chi connectivity index (χ1) is 13.0. The molecular weight excluding hydrogens is 404 g/mol. The third-order valence-corrected chi connectivity index (χ3v) is 7.05. The molecule has 6 heteroatoms. The number of anilines is 1. The molecule has 27 heavy (non-hydrogen) atoms. The molecule has 1 aliphatic rings. The van der Waals surface area contributed by atoms with Crippen molar-refractivity contribution in [2.45, 2.75) is 51.6 Å². The molecule has 0 unspecified atom stereocenters. The summed E-state index contributed by atoms with van der Waals surface area (Å²) in [5, 5.41) is 5.78. The van der Waals surface area contributed by atoms with Crippen LogP contribution in [-0.4, -0.2) is 60.6 Å². The minimum absolute atomic E-state index is 0.596. The number of halogens is 1. The van der Waals surface area contributed by atoms with Crippen molar-refractivity contribution in [1.29, 1.82) is 0 Å². The standard InChI is InChI=1S/C21H33BrN4O/c1-6-26(17-9-7-16(8-10-17)24(3)11-12-27-5)21-15(2)19(22)13-20-18(21)14-23-25(20)4/h13-14,16-17H,6-12H2,1-5H3. The van der Waals surface area contributed by atoms with Crippen molar-refractivity contribution in [2.75, 3.05) is 38.8 Å². The van der Waals surface area contributed by atoms with Crippen LogP contribution in [0.15, 0.2) is 16.7 Å². The van der Waals surface area contributed by atoms with Crippen LogP contribution in [0.3, 0.4) is 0 Å². The Morgan fingerprint density at radius 2 is 1.93 bits per heavy atom. The Hall–Kier alpha value is -1.11. The van der Waals surface area contributed by atoms with Gasteiger partial charge in [-0.3, -0.25) is 4.68 Å². The predicted octanol–water partition coefficient (Wildman–Crippen LogP) is 4.36. The van der Waals surface area contributed by atoms with Gasteiger partial charge >= 0.3 is 0 Å². The molecule has 1 heterocycles. The van der Waals surface area contributed by atoms with Crippen LogP contribution in [0.4, 0.5) is 5.69 Å². The topological polar surface area (TPSA) is 33.5 Å². The van der Waals surface area contributed by atoms with Crippen LogP contribution in [0.2, 0.25) is 0 Å². The number of ether oxygens (including phenoxy) is 1. The number of nitrogens with zero attached hydrogens (tertiary/aromatic N) is 4. The fourth-order valence-electron chi connectivity index (χ4n) is 4.54. The van der Waals surface area contributed by atoms with Gasteiger partial charge in [0, 0.05) is 49.2 Å². The largest absolute Gasteiger partial charge is 0.383 e. The maximum atomic E-state index is 5.24. The molecular formula is C21H33BrN4O. The average Bonchev–Trinajstić information content (AvgIpc) is 3.04. The van der Waals surface area contributed by atoms with Crippen LogP contribution in [0, 0.1) is 6.92 Å². The van der Waals surface area contributed by atoms with Crippen molar-refractivity contribution < 1.29 is 4.74 Å². The molecule has 1 aromatic carbocycles. The summed E-state index contributed by atoms with van der Waals surface area (Å²) in [4.78, 5) is 5.09. The van der Waals surface area contributed by atoms with E-state index in [1.807, 2.05) is 17.9 Å². The van der Waals surface area contributed by atoms with Crippen molar-refractivity contribution in [3.8, 4) is 0 Å². The molecule has 0 atom stereocenters. The van der Waals surface area contributed by atoms with Crippen molar-refractivity contribution in [2.24, 2.45) is 7.05 Å². The number of likely N-dealkylation sites (N-methyl/N-ethyl adjacent to an activating group) is 1. The molecule has 0 bridgehead atoms. The lowest BCUT2D eigenvalue weighted by atomic mass is 9.88. The first-order valence-electron chi connectivity index (χ1n) is 10.0. The molecule has 0 aliphatic heterocycles. The van der Waals surface area contributed by atoms with Crippen LogP contribution in [0.25, 0.3) is 10.9 Å². The van der Waals surface area contributed by atoms with Crippen LogP contribution in [0.5, 0.6) is 0 Å². The van der Waals surface area contributed by atoms with E-state index in [2.05, 4.69) is 57.8 Å². The fraction of sp³-hybridized carbons (Fsp3) is 0.667. The lowest BCUT2D eigenvalue weighted by Gasteiger charge is -2.41. The average molecular weight is 437 g/mol. The molecule has 150 valence electrons. The predicted molar refractivity (Wildman–Crippen MR) is 117 cm³/mol. The molecule has 2 aromatic rings. The minimum atomic E-state index is 0.596. The molecule has 1 aliphatic carbocycles. The molecule has 1 aromatic heterocycles. The highest BCUT2D eigenvalue weighted by atomic mass is 79.9. The van der Waals surface area contributed by atoms with E-state index in [9.17, 15) is 0 Å². The van der Waals surface area contributed by atoms with Gasteiger partial charge in [-0.1, -0.05) is 15.9 Å². The Bertz CT molecular complexity index is 767. The lowest BCUT2D eigenvalue weighted by Crippen LogP contribution is -2.44. The zero-order chi connectivity index (χ0) is 19.6. The molecule has 3 rings (SSSR count). The first-order valence-corrected chi connectivity index (χ1v) is 10.8. The Labute approximate surface area is 171 Å². The smallest absolute Gasteiger partial charge is 0.0711 e. The van der Waals surface area contributed by atoms with Gasteiger partial charge < -0.3 is 14.5 Å². The van der Waals surface area contributed by atoms with Crippen molar-refractivity contribution in [3.63, 3.8) is 0 Å². The van der Waals surface area contributed by atoms with E-state index in [4.69, 9.17) is 4.74 Å². The quantitative estimate of drug-likeness (QED) is 0.645. The molecule has 0 amide bonds. The Kier molecular flexibility index (Phi) is 6.82. The summed E-state index contributed by atoms with van der Waals surface area (Å²) in [6.07, 6.45) is 7.01. The molecule has 5 nitrogen and oxygen atoms in total. The Morgan fingerprint density at radius 3 is 2.56 bits per heavy atom. The van der Waals surface area contributed by atoms with Gasteiger partial charge in [0.05, 0.1) is 24.0 Å². The number of methoxy groups -OCH3 is 1. The van der Waals surface area contributed by atoms with Crippen LogP contribution < -0.4 is 4.90 Å². The number of benzene rings is 1. The fourth-order valence-corrected chi connectivity index (χ4v) is 4.95. The SMILES string of the molecule is CCN(c1c(C)c(Br)cc2c1cnn2C)C1CCC(N(C)CCOC)CC1. The maximum absolute atomic E-state index is 5.24. The van der Waals surface area contributed by atoms with E-state index in [0.717, 1.165) is 19.7 Å². The maximum Gasteiger partial charge on any atom is 0.0711 e. The monoisotopic (exact) mass is 436 g/mol. The second kappa shape index (κ2) is 8.93. The van der Waals surface area contributed by atoms with Gasteiger partial charge in [0.15, 0.2) is 0 Å². The lowest BCUT2D eigenvalue weighted by molar-refractivity contribution is 0.119. The second-order valence-corrected chi connectivity index (χ2v) is 8.61. The number of hydrogen-bond acceptors (Lipinski definition) is 4. The number of aryl methyl sites for hydroxylation is 1. The summed E-state index contributed by atoms with van der Waals surface area (Å²) in [6.45, 7) is 7.35. The molecule has 0 saturated heterocycles. The van der Waals surface area contributed by atoms with E-state index < -0.39 is 0 Å². The van der Waals surface area contributed by atoms with Crippen LogP contribution in [0.1, 0.15) is 38.2 Å². The summed E-state index contributed by atoms with van der Waals surface area (Å²) in [5.74, 6) is 0. The van der Waals surface area contributed by atoms with E-state index in [1.54, 1.807) is 7.11 Å². The summed E-state index contributed by atoms with van der Waals surface area (Å²) in [7, 11) is 6.04. The van der Waals surface area contributed by atoms with Gasteiger partial charge in [-0.15, -0.1) is 0 Å². The summed E-state index contributed by atoms with van der Waals surface area (Å²) >= 11 is 3.77. The van der Waals surface area contributed by atoms with Gasteiger partial charge in [-0.05, 0) is 58.2 Å². The molecule has 0 radical (unpaired) electrons. The van der Waals surface area contributed by atoms with Crippen LogP contribution >= 0.6 is 15.9 Å². The summed E-state index contributed by atoms with van der Waals surface area (Å²) in [5.41, 5.74) is 3.86. The van der Waals surface area contributed by atoms with E-state index in [1.165, 1.54) is 52.3 Å². The minimum Gasteiger partial charge on any atom is -0.383 e. The zero-order valence-electron chi connectivity index (χ0n) is 17.3. The Morgan fingerprint density at radius 1 is 1.26 bits per heavy atom. The van der Waals surface area contributed by atoms with Crippen molar-refractivity contribution >= 4 is 32.5 Å². The van der Waals surface area contributed by atoms with Crippen molar-refractivity contribution in [1.82, 2.24) is 14.7 Å². The number of hydrogen-bond donors (Lipinski definition) is 0. The molecule has 0 spiro atoms. The third kappa shape index (κ3) is 4.17. The van der Waals surface area contributed by atoms with Crippen molar-refractivity contribution in [3.05, 3.63) is 22.3 Å². The summed E-state index contributed by atoms with van der Waals surface area (Å²) < 4.78 is 8.38. The third-order valence-electron chi connectivity index (χ3n) is 6.22. The van der Waals surface area contributed by atoms with E-state index >= 15 is 0 Å². The van der Waals surface area contributed by atoms with Gasteiger partial charge in [-0.2, -0.15) is 5.10 Å². The highest BCUT2D eigenvalue weighted by Gasteiger charge is 2.29. The first kappa shape index (κ1) is 20.6. The normalized spacial score (nSPS) is 20.6. The van der Waals surface area contributed by atoms with Gasteiger partial charge in [0.2, 0.25) is 0 Å². The molecule has 1 fully saturated rings. The van der Waals surface area contributed by atoms with Gasteiger partial charge in [0.1, 0.15) is 0 Å². The number of fused-ring (bicyclic) bond motifs is 1. The molecule has 0 N–H and O–H groups in total. The van der Waals surface area contributed by atoms with E-state index in [-0.39, 0.29) is 0 Å². The van der Waals surface area contributed by atoms with E-state index in [0.29, 0.717) is 12.1 Å². The summed E-state index contributed by atoms with van der Waals surface area (Å²) in [6, 6.07) is 3.46. The van der Waals surface area contributed by atoms with Gasteiger partial charge in [-0.25, -0.2) is 0 Å². The highest BCUT2D eigenvalue weighted by Crippen LogP contribution is 2.39. The zero-order valence-corrected chi connectivity index (χ0v) is 18.9. The highest BCUT2D eigenvalue weighted by molar-refractivity contribution is 9.10.